The van der Waals surface area contributed by atoms with Gasteiger partial charge in [0.2, 0.25) is 11.8 Å². The minimum absolute atomic E-state index is 0.382. The van der Waals surface area contributed by atoms with E-state index in [4.69, 9.17) is 16.6 Å². The van der Waals surface area contributed by atoms with Gasteiger partial charge in [-0.25, -0.2) is 4.79 Å². The summed E-state index contributed by atoms with van der Waals surface area (Å²) in [5.41, 5.74) is 11.1. The summed E-state index contributed by atoms with van der Waals surface area (Å²) >= 11 is 0. The number of nitrogens with one attached hydrogen (secondary N) is 1. The first-order chi connectivity index (χ1) is 10.4. The van der Waals surface area contributed by atoms with Crippen LogP contribution in [0.4, 0.5) is 0 Å². The van der Waals surface area contributed by atoms with E-state index < -0.39 is 30.0 Å². The second-order valence-corrected chi connectivity index (χ2v) is 5.65. The smallest absolute Gasteiger partial charge is 0.326 e. The fourth-order valence-corrected chi connectivity index (χ4v) is 2.56. The van der Waals surface area contributed by atoms with Crippen molar-refractivity contribution < 1.29 is 19.5 Å². The first-order valence-corrected chi connectivity index (χ1v) is 7.67. The average molecular weight is 314 g/mol. The number of nitrogens with zero attached hydrogens (tertiary/aromatic N) is 1. The van der Waals surface area contributed by atoms with Crippen molar-refractivity contribution in [3.63, 3.8) is 0 Å². The van der Waals surface area contributed by atoms with Gasteiger partial charge in [-0.3, -0.25) is 9.59 Å². The molecule has 1 heterocycles. The van der Waals surface area contributed by atoms with Gasteiger partial charge in [0.25, 0.3) is 0 Å². The molecule has 8 heteroatoms. The number of carboxylic acid groups (broad SMARTS) is 1. The third kappa shape index (κ3) is 4.96. The summed E-state index contributed by atoms with van der Waals surface area (Å²) in [6, 6.07) is -2.27. The van der Waals surface area contributed by atoms with E-state index in [1.54, 1.807) is 6.92 Å². The monoisotopic (exact) mass is 314 g/mol. The molecule has 0 saturated carbocycles. The second-order valence-electron chi connectivity index (χ2n) is 5.65. The summed E-state index contributed by atoms with van der Waals surface area (Å²) in [6.07, 6.45) is 3.15. The molecule has 0 aliphatic carbocycles. The Kier molecular flexibility index (Phi) is 7.26. The summed E-state index contributed by atoms with van der Waals surface area (Å²) in [5, 5.41) is 11.7. The van der Waals surface area contributed by atoms with Crippen LogP contribution < -0.4 is 16.8 Å². The molecule has 0 aromatic carbocycles. The van der Waals surface area contributed by atoms with Crippen LogP contribution in [0.15, 0.2) is 0 Å². The number of likely N-dealkylation sites (tertiary alicyclic amines) is 1. The van der Waals surface area contributed by atoms with Gasteiger partial charge in [0.05, 0.1) is 6.04 Å². The lowest BCUT2D eigenvalue weighted by Gasteiger charge is -2.26. The molecular formula is C14H26N4O4. The zero-order chi connectivity index (χ0) is 16.7. The molecule has 3 atom stereocenters. The third-order valence-electron chi connectivity index (χ3n) is 3.86. The molecule has 126 valence electrons. The lowest BCUT2D eigenvalue weighted by molar-refractivity contribution is -0.149. The van der Waals surface area contributed by atoms with Gasteiger partial charge in [0.1, 0.15) is 12.1 Å². The van der Waals surface area contributed by atoms with Crippen molar-refractivity contribution in [3.05, 3.63) is 0 Å². The maximum absolute atomic E-state index is 12.3. The molecule has 1 rings (SSSR count). The Hall–Kier alpha value is -1.67. The topological polar surface area (TPSA) is 139 Å². The molecule has 1 saturated heterocycles. The van der Waals surface area contributed by atoms with Crippen molar-refractivity contribution in [2.24, 2.45) is 11.5 Å². The van der Waals surface area contributed by atoms with E-state index in [9.17, 15) is 14.4 Å². The van der Waals surface area contributed by atoms with Crippen LogP contribution in [-0.2, 0) is 14.4 Å². The van der Waals surface area contributed by atoms with Crippen molar-refractivity contribution in [1.82, 2.24) is 10.2 Å². The summed E-state index contributed by atoms with van der Waals surface area (Å²) in [4.78, 5) is 36.6. The highest BCUT2D eigenvalue weighted by Crippen LogP contribution is 2.18. The highest BCUT2D eigenvalue weighted by molar-refractivity contribution is 5.91. The van der Waals surface area contributed by atoms with Gasteiger partial charge < -0.3 is 26.8 Å². The Balaban J connectivity index is 2.49. The van der Waals surface area contributed by atoms with Gasteiger partial charge >= 0.3 is 5.97 Å². The standard InChI is InChI=1S/C14H26N4O4/c1-9(17-12(19)10(16)5-2-3-7-15)13(20)18-8-4-6-11(18)14(21)22/h9-11H,2-8,15-16H2,1H3,(H,17,19)(H,21,22)/t9-,10-,11-/m0/s1. The molecule has 0 unspecified atom stereocenters. The summed E-state index contributed by atoms with van der Waals surface area (Å²) < 4.78 is 0. The fraction of sp³-hybridized carbons (Fsp3) is 0.786. The number of unbranched alkanes of at least 4 members (excludes halogenated alkanes) is 1. The Labute approximate surface area is 130 Å². The van der Waals surface area contributed by atoms with Gasteiger partial charge in [-0.05, 0) is 39.2 Å². The first-order valence-electron chi connectivity index (χ1n) is 7.67. The van der Waals surface area contributed by atoms with E-state index in [-0.39, 0.29) is 5.91 Å². The molecule has 2 amide bonds. The van der Waals surface area contributed by atoms with E-state index in [0.717, 1.165) is 12.8 Å². The lowest BCUT2D eigenvalue weighted by atomic mass is 10.1. The van der Waals surface area contributed by atoms with Crippen LogP contribution in [-0.4, -0.2) is 59.0 Å². The van der Waals surface area contributed by atoms with Crippen molar-refractivity contribution in [2.75, 3.05) is 13.1 Å². The molecule has 22 heavy (non-hydrogen) atoms. The largest absolute Gasteiger partial charge is 0.480 e. The summed E-state index contributed by atoms with van der Waals surface area (Å²) in [6.45, 7) is 2.50. The van der Waals surface area contributed by atoms with Crippen LogP contribution in [0.5, 0.6) is 0 Å². The zero-order valence-corrected chi connectivity index (χ0v) is 13.0. The van der Waals surface area contributed by atoms with Crippen LogP contribution >= 0.6 is 0 Å². The van der Waals surface area contributed by atoms with E-state index in [1.165, 1.54) is 4.90 Å². The predicted molar refractivity (Wildman–Crippen MR) is 80.9 cm³/mol. The van der Waals surface area contributed by atoms with Crippen LogP contribution in [0.2, 0.25) is 0 Å². The van der Waals surface area contributed by atoms with Gasteiger partial charge in [-0.2, -0.15) is 0 Å². The average Bonchev–Trinajstić information content (AvgIpc) is 2.95. The molecule has 6 N–H and O–H groups in total. The molecule has 1 aliphatic rings. The summed E-state index contributed by atoms with van der Waals surface area (Å²) in [5.74, 6) is -1.79. The molecule has 0 bridgehead atoms. The highest BCUT2D eigenvalue weighted by atomic mass is 16.4. The quantitative estimate of drug-likeness (QED) is 0.425. The van der Waals surface area contributed by atoms with Crippen LogP contribution in [0.25, 0.3) is 0 Å². The first kappa shape index (κ1) is 18.4. The number of carboxylic acids is 1. The van der Waals surface area contributed by atoms with Crippen molar-refractivity contribution in [3.8, 4) is 0 Å². The molecule has 0 aromatic heterocycles. The maximum atomic E-state index is 12.3. The number of nitrogens with two attached hydrogens (primary N) is 2. The van der Waals surface area contributed by atoms with E-state index in [1.807, 2.05) is 0 Å². The number of hydrogen-bond acceptors (Lipinski definition) is 5. The van der Waals surface area contributed by atoms with Crippen LogP contribution in [0.3, 0.4) is 0 Å². The van der Waals surface area contributed by atoms with Crippen molar-refractivity contribution in [2.45, 2.75) is 57.2 Å². The number of aliphatic carboxylic acids is 1. The van der Waals surface area contributed by atoms with Gasteiger partial charge in [-0.15, -0.1) is 0 Å². The van der Waals surface area contributed by atoms with Gasteiger partial charge in [0, 0.05) is 6.54 Å². The molecule has 0 spiro atoms. The SMILES string of the molecule is C[C@H](NC(=O)[C@@H](N)CCCCN)C(=O)N1CCC[C@H]1C(=O)O. The molecule has 1 fully saturated rings. The van der Waals surface area contributed by atoms with Crippen molar-refractivity contribution >= 4 is 17.8 Å². The third-order valence-corrected chi connectivity index (χ3v) is 3.86. The number of rotatable bonds is 8. The highest BCUT2D eigenvalue weighted by Gasteiger charge is 2.36. The lowest BCUT2D eigenvalue weighted by Crippen LogP contribution is -2.53. The minimum atomic E-state index is -1.01. The Bertz CT molecular complexity index is 416. The second kappa shape index (κ2) is 8.70. The van der Waals surface area contributed by atoms with Gasteiger partial charge in [-0.1, -0.05) is 6.42 Å². The van der Waals surface area contributed by atoms with Gasteiger partial charge in [0.15, 0.2) is 0 Å². The zero-order valence-electron chi connectivity index (χ0n) is 13.0. The normalized spacial score (nSPS) is 20.5. The Morgan fingerprint density at radius 1 is 1.36 bits per heavy atom. The molecule has 0 aromatic rings. The fourth-order valence-electron chi connectivity index (χ4n) is 2.56. The minimum Gasteiger partial charge on any atom is -0.480 e. The number of carbonyl (C=O) groups is 3. The molecular weight excluding hydrogens is 288 g/mol. The molecule has 0 radical (unpaired) electrons. The predicted octanol–water partition coefficient (Wildman–Crippen LogP) is -0.977. The number of amides is 2. The Morgan fingerprint density at radius 3 is 2.64 bits per heavy atom. The van der Waals surface area contributed by atoms with E-state index in [0.29, 0.717) is 32.4 Å². The van der Waals surface area contributed by atoms with E-state index in [2.05, 4.69) is 5.32 Å². The van der Waals surface area contributed by atoms with Crippen LogP contribution in [0.1, 0.15) is 39.0 Å². The molecule has 8 nitrogen and oxygen atoms in total. The summed E-state index contributed by atoms with van der Waals surface area (Å²) in [7, 11) is 0. The molecule has 1 aliphatic heterocycles. The number of hydrogen-bond donors (Lipinski definition) is 4. The van der Waals surface area contributed by atoms with Crippen LogP contribution in [0, 0.1) is 0 Å². The number of carbonyl (C=O) groups excluding carboxylic acids is 2. The maximum Gasteiger partial charge on any atom is 0.326 e. The Morgan fingerprint density at radius 2 is 2.05 bits per heavy atom. The van der Waals surface area contributed by atoms with Crippen molar-refractivity contribution in [1.29, 1.82) is 0 Å². The van der Waals surface area contributed by atoms with E-state index >= 15 is 0 Å².